The van der Waals surface area contributed by atoms with Gasteiger partial charge in [0.15, 0.2) is 0 Å². The predicted molar refractivity (Wildman–Crippen MR) is 74.1 cm³/mol. The highest BCUT2D eigenvalue weighted by molar-refractivity contribution is 5.87. The van der Waals surface area contributed by atoms with E-state index in [0.717, 1.165) is 0 Å². The van der Waals surface area contributed by atoms with Crippen molar-refractivity contribution in [3.63, 3.8) is 0 Å². The second-order valence-corrected chi connectivity index (χ2v) is 5.01. The first-order valence-corrected chi connectivity index (χ1v) is 6.70. The van der Waals surface area contributed by atoms with Crippen molar-refractivity contribution in [1.29, 1.82) is 0 Å². The first-order valence-electron chi connectivity index (χ1n) is 6.70. The molecule has 6 nitrogen and oxygen atoms in total. The largest absolute Gasteiger partial charge is 0.469 e. The number of ketones is 1. The molecule has 2 atom stereocenters. The number of methoxy groups -OCH3 is 2. The molecule has 1 rings (SSSR count). The SMILES string of the molecule is [C-]#[N+]C1(C(=O)OC)C/C=C/CC(C(=O)OC)CC(=O)CC1. The zero-order chi connectivity index (χ0) is 15.9. The summed E-state index contributed by atoms with van der Waals surface area (Å²) in [7, 11) is 2.52. The number of allylic oxidation sites excluding steroid dienone is 1. The minimum Gasteiger partial charge on any atom is -0.469 e. The van der Waals surface area contributed by atoms with E-state index in [-0.39, 0.29) is 31.5 Å². The van der Waals surface area contributed by atoms with Gasteiger partial charge in [0.05, 0.1) is 26.6 Å². The molecule has 0 aromatic carbocycles. The molecule has 0 saturated heterocycles. The molecule has 0 saturated carbocycles. The Morgan fingerprint density at radius 1 is 1.33 bits per heavy atom. The summed E-state index contributed by atoms with van der Waals surface area (Å²) in [4.78, 5) is 38.8. The van der Waals surface area contributed by atoms with E-state index in [1.165, 1.54) is 14.2 Å². The van der Waals surface area contributed by atoms with Gasteiger partial charge in [0, 0.05) is 19.3 Å². The summed E-state index contributed by atoms with van der Waals surface area (Å²) < 4.78 is 9.37. The van der Waals surface area contributed by atoms with Crippen molar-refractivity contribution < 1.29 is 23.9 Å². The van der Waals surface area contributed by atoms with E-state index in [4.69, 9.17) is 11.3 Å². The van der Waals surface area contributed by atoms with Crippen LogP contribution in [-0.4, -0.2) is 37.5 Å². The Balaban J connectivity index is 2.96. The molecule has 1 aliphatic rings. The number of hydrogen-bond acceptors (Lipinski definition) is 5. The lowest BCUT2D eigenvalue weighted by atomic mass is 9.85. The van der Waals surface area contributed by atoms with Crippen molar-refractivity contribution >= 4 is 17.7 Å². The average molecular weight is 293 g/mol. The van der Waals surface area contributed by atoms with E-state index in [9.17, 15) is 14.4 Å². The number of esters is 2. The van der Waals surface area contributed by atoms with Crippen molar-refractivity contribution in [3.05, 3.63) is 23.6 Å². The second kappa shape index (κ2) is 7.58. The van der Waals surface area contributed by atoms with Gasteiger partial charge in [-0.2, -0.15) is 0 Å². The number of nitrogens with zero attached hydrogens (tertiary/aromatic N) is 1. The molecule has 0 spiro atoms. The van der Waals surface area contributed by atoms with Gasteiger partial charge >= 0.3 is 17.5 Å². The van der Waals surface area contributed by atoms with E-state index in [2.05, 4.69) is 9.58 Å². The van der Waals surface area contributed by atoms with Crippen LogP contribution in [0.2, 0.25) is 0 Å². The molecule has 0 heterocycles. The molecule has 1 aliphatic carbocycles. The molecule has 0 aromatic heterocycles. The molecular weight excluding hydrogens is 274 g/mol. The molecule has 0 aromatic rings. The molecule has 114 valence electrons. The molecule has 6 heteroatoms. The van der Waals surface area contributed by atoms with Crippen molar-refractivity contribution in [2.75, 3.05) is 14.2 Å². The fourth-order valence-corrected chi connectivity index (χ4v) is 2.32. The lowest BCUT2D eigenvalue weighted by Gasteiger charge is -2.19. The zero-order valence-corrected chi connectivity index (χ0v) is 12.3. The van der Waals surface area contributed by atoms with Crippen LogP contribution >= 0.6 is 0 Å². The van der Waals surface area contributed by atoms with Crippen LogP contribution in [0.1, 0.15) is 32.1 Å². The van der Waals surface area contributed by atoms with Crippen molar-refractivity contribution in [2.24, 2.45) is 5.92 Å². The van der Waals surface area contributed by atoms with Crippen LogP contribution in [0, 0.1) is 12.5 Å². The van der Waals surface area contributed by atoms with Gasteiger partial charge in [-0.15, -0.1) is 0 Å². The molecule has 0 fully saturated rings. The van der Waals surface area contributed by atoms with Crippen molar-refractivity contribution in [2.45, 2.75) is 37.6 Å². The van der Waals surface area contributed by atoms with E-state index in [1.54, 1.807) is 12.2 Å². The Labute approximate surface area is 123 Å². The van der Waals surface area contributed by atoms with Crippen LogP contribution in [0.5, 0.6) is 0 Å². The zero-order valence-electron chi connectivity index (χ0n) is 12.3. The summed E-state index contributed by atoms with van der Waals surface area (Å²) >= 11 is 0. The maximum absolute atomic E-state index is 12.0. The predicted octanol–water partition coefficient (Wildman–Crippen LogP) is 1.70. The van der Waals surface area contributed by atoms with Gasteiger partial charge in [0.1, 0.15) is 5.78 Å². The fraction of sp³-hybridized carbons (Fsp3) is 0.600. The van der Waals surface area contributed by atoms with Crippen LogP contribution in [-0.2, 0) is 23.9 Å². The van der Waals surface area contributed by atoms with Gasteiger partial charge in [-0.25, -0.2) is 11.4 Å². The second-order valence-electron chi connectivity index (χ2n) is 5.01. The number of carbonyl (C=O) groups is 3. The van der Waals surface area contributed by atoms with Crippen LogP contribution < -0.4 is 0 Å². The van der Waals surface area contributed by atoms with Gasteiger partial charge < -0.3 is 9.47 Å². The highest BCUT2D eigenvalue weighted by Crippen LogP contribution is 2.28. The van der Waals surface area contributed by atoms with Crippen molar-refractivity contribution in [3.8, 4) is 0 Å². The van der Waals surface area contributed by atoms with E-state index in [1.807, 2.05) is 0 Å². The molecule has 0 radical (unpaired) electrons. The van der Waals surface area contributed by atoms with E-state index in [0.29, 0.717) is 6.42 Å². The summed E-state index contributed by atoms with van der Waals surface area (Å²) in [5.74, 6) is -1.70. The number of ether oxygens (including phenoxy) is 2. The highest BCUT2D eigenvalue weighted by atomic mass is 16.5. The highest BCUT2D eigenvalue weighted by Gasteiger charge is 2.46. The quantitative estimate of drug-likeness (QED) is 0.440. The standard InChI is InChI=1S/C15H19NO5/c1-16-15(14(19)21-3)8-5-4-6-11(13(18)20-2)10-12(17)7-9-15/h4-5,11H,6-10H2,2-3H3/b5-4+. The minimum absolute atomic E-state index is 0.0618. The lowest BCUT2D eigenvalue weighted by Crippen LogP contribution is -2.37. The monoisotopic (exact) mass is 293 g/mol. The van der Waals surface area contributed by atoms with Crippen LogP contribution in [0.4, 0.5) is 0 Å². The van der Waals surface area contributed by atoms with Crippen LogP contribution in [0.3, 0.4) is 0 Å². The van der Waals surface area contributed by atoms with Gasteiger partial charge in [0.25, 0.3) is 0 Å². The number of rotatable bonds is 2. The molecular formula is C15H19NO5. The van der Waals surface area contributed by atoms with Gasteiger partial charge in [0.2, 0.25) is 0 Å². The number of Topliss-reactive ketones (excluding diaryl/α,β-unsaturated/α-hetero) is 1. The normalized spacial score (nSPS) is 28.0. The Morgan fingerprint density at radius 2 is 2.05 bits per heavy atom. The first kappa shape index (κ1) is 16.9. The summed E-state index contributed by atoms with van der Waals surface area (Å²) in [6, 6.07) is 0. The van der Waals surface area contributed by atoms with Crippen molar-refractivity contribution in [1.82, 2.24) is 0 Å². The lowest BCUT2D eigenvalue weighted by molar-refractivity contribution is -0.148. The Morgan fingerprint density at radius 3 is 2.62 bits per heavy atom. The molecule has 0 bridgehead atoms. The molecule has 0 N–H and O–H groups in total. The summed E-state index contributed by atoms with van der Waals surface area (Å²) in [5.41, 5.74) is -1.35. The van der Waals surface area contributed by atoms with Crippen LogP contribution in [0.15, 0.2) is 12.2 Å². The Bertz CT molecular complexity index is 491. The van der Waals surface area contributed by atoms with Gasteiger partial charge in [-0.1, -0.05) is 12.2 Å². The summed E-state index contributed by atoms with van der Waals surface area (Å²) in [5, 5.41) is 0. The fourth-order valence-electron chi connectivity index (χ4n) is 2.32. The third-order valence-corrected chi connectivity index (χ3v) is 3.65. The summed E-state index contributed by atoms with van der Waals surface area (Å²) in [6.07, 6.45) is 4.16. The van der Waals surface area contributed by atoms with Crippen LogP contribution in [0.25, 0.3) is 4.85 Å². The Hall–Kier alpha value is -2.16. The first-order chi connectivity index (χ1) is 9.99. The van der Waals surface area contributed by atoms with Gasteiger partial charge in [-0.3, -0.25) is 14.4 Å². The molecule has 21 heavy (non-hydrogen) atoms. The molecule has 0 aliphatic heterocycles. The maximum Gasteiger partial charge on any atom is 0.393 e. The van der Waals surface area contributed by atoms with Gasteiger partial charge in [-0.05, 0) is 6.42 Å². The maximum atomic E-state index is 12.0. The van der Waals surface area contributed by atoms with E-state index < -0.39 is 23.4 Å². The number of hydrogen-bond donors (Lipinski definition) is 0. The average Bonchev–Trinajstić information content (AvgIpc) is 2.51. The topological polar surface area (TPSA) is 74.0 Å². The minimum atomic E-state index is -1.35. The van der Waals surface area contributed by atoms with E-state index >= 15 is 0 Å². The summed E-state index contributed by atoms with van der Waals surface area (Å²) in [6.45, 7) is 7.28. The molecule has 0 amide bonds. The molecule has 2 unspecified atom stereocenters. The third kappa shape index (κ3) is 4.15. The number of carbonyl (C=O) groups excluding carboxylic acids is 3. The smallest absolute Gasteiger partial charge is 0.393 e. The Kier molecular flexibility index (Phi) is 6.10. The third-order valence-electron chi connectivity index (χ3n) is 3.65.